The predicted molar refractivity (Wildman–Crippen MR) is 124 cm³/mol. The lowest BCUT2D eigenvalue weighted by molar-refractivity contribution is 0.204. The van der Waals surface area contributed by atoms with Crippen LogP contribution in [0.4, 0.5) is 0 Å². The Hall–Kier alpha value is -0.910. The van der Waals surface area contributed by atoms with E-state index in [1.807, 2.05) is 6.07 Å². The molecule has 1 aliphatic heterocycles. The fourth-order valence-electron chi connectivity index (χ4n) is 3.53. The summed E-state index contributed by atoms with van der Waals surface area (Å²) in [6.45, 7) is 7.61. The lowest BCUT2D eigenvalue weighted by atomic mass is 9.92. The molecule has 2 atom stereocenters. The maximum absolute atomic E-state index is 12.4. The Morgan fingerprint density at radius 2 is 1.96 bits per heavy atom. The zero-order valence-electron chi connectivity index (χ0n) is 17.1. The van der Waals surface area contributed by atoms with E-state index in [4.69, 9.17) is 4.74 Å². The van der Waals surface area contributed by atoms with Crippen molar-refractivity contribution in [1.29, 1.82) is 0 Å². The number of nitrogens with zero attached hydrogens (tertiary/aromatic N) is 2. The summed E-state index contributed by atoms with van der Waals surface area (Å²) in [4.78, 5) is 6.94. The summed E-state index contributed by atoms with van der Waals surface area (Å²) in [5, 5.41) is 3.37. The van der Waals surface area contributed by atoms with Crippen LogP contribution in [0.5, 0.6) is 0 Å². The molecule has 28 heavy (non-hydrogen) atoms. The maximum Gasteiger partial charge on any atom is 0.240 e. The van der Waals surface area contributed by atoms with E-state index in [9.17, 15) is 8.42 Å². The van der Waals surface area contributed by atoms with Crippen molar-refractivity contribution in [2.45, 2.75) is 31.7 Å². The second-order valence-corrected chi connectivity index (χ2v) is 9.06. The number of ether oxygens (including phenoxy) is 1. The minimum absolute atomic E-state index is 0. The lowest BCUT2D eigenvalue weighted by Gasteiger charge is -2.37. The summed E-state index contributed by atoms with van der Waals surface area (Å²) in [7, 11) is -0.209. The summed E-state index contributed by atoms with van der Waals surface area (Å²) in [5.74, 6) is 2.14. The number of guanidine groups is 1. The van der Waals surface area contributed by atoms with E-state index in [0.717, 1.165) is 24.6 Å². The van der Waals surface area contributed by atoms with Gasteiger partial charge in [0.2, 0.25) is 10.0 Å². The number of likely N-dealkylation sites (tertiary alicyclic amines) is 1. The van der Waals surface area contributed by atoms with Crippen molar-refractivity contribution in [3.63, 3.8) is 0 Å². The van der Waals surface area contributed by atoms with Gasteiger partial charge in [0.25, 0.3) is 0 Å². The number of methoxy groups -OCH3 is 1. The molecule has 0 amide bonds. The van der Waals surface area contributed by atoms with E-state index in [1.165, 1.54) is 13.5 Å². The Morgan fingerprint density at radius 3 is 2.57 bits per heavy atom. The number of sulfonamides is 1. The second kappa shape index (κ2) is 11.9. The van der Waals surface area contributed by atoms with E-state index in [0.29, 0.717) is 25.0 Å². The molecule has 1 saturated heterocycles. The van der Waals surface area contributed by atoms with E-state index in [2.05, 4.69) is 33.8 Å². The van der Waals surface area contributed by atoms with Crippen LogP contribution in [0, 0.1) is 11.8 Å². The first-order valence-corrected chi connectivity index (χ1v) is 10.9. The van der Waals surface area contributed by atoms with Gasteiger partial charge >= 0.3 is 0 Å². The number of piperidine rings is 1. The minimum Gasteiger partial charge on any atom is -0.383 e. The van der Waals surface area contributed by atoms with Crippen LogP contribution in [-0.2, 0) is 21.3 Å². The van der Waals surface area contributed by atoms with Crippen LogP contribution in [-0.4, -0.2) is 59.7 Å². The van der Waals surface area contributed by atoms with Crippen molar-refractivity contribution in [3.8, 4) is 0 Å². The molecular weight excluding hydrogens is 491 g/mol. The number of aliphatic imine (C=N–C) groups is 1. The molecular formula is C19H33IN4O3S. The average molecular weight is 524 g/mol. The van der Waals surface area contributed by atoms with Crippen molar-refractivity contribution >= 4 is 40.0 Å². The van der Waals surface area contributed by atoms with Gasteiger partial charge in [-0.25, -0.2) is 13.1 Å². The number of halogens is 1. The van der Waals surface area contributed by atoms with Gasteiger partial charge in [-0.2, -0.15) is 0 Å². The molecule has 0 spiro atoms. The van der Waals surface area contributed by atoms with E-state index in [-0.39, 0.29) is 35.4 Å². The summed E-state index contributed by atoms with van der Waals surface area (Å²) in [6, 6.07) is 6.96. The van der Waals surface area contributed by atoms with Crippen molar-refractivity contribution in [1.82, 2.24) is 14.9 Å². The molecule has 0 radical (unpaired) electrons. The zero-order valence-corrected chi connectivity index (χ0v) is 20.3. The van der Waals surface area contributed by atoms with Crippen LogP contribution in [0.3, 0.4) is 0 Å². The van der Waals surface area contributed by atoms with Crippen LogP contribution in [0.15, 0.2) is 34.2 Å². The van der Waals surface area contributed by atoms with Crippen molar-refractivity contribution in [3.05, 3.63) is 29.8 Å². The molecule has 0 bridgehead atoms. The van der Waals surface area contributed by atoms with Crippen molar-refractivity contribution in [2.24, 2.45) is 16.8 Å². The number of nitrogens with one attached hydrogen (secondary N) is 2. The molecule has 0 aromatic heterocycles. The van der Waals surface area contributed by atoms with Crippen molar-refractivity contribution < 1.29 is 13.2 Å². The van der Waals surface area contributed by atoms with Crippen LogP contribution in [0.2, 0.25) is 0 Å². The molecule has 2 unspecified atom stereocenters. The van der Waals surface area contributed by atoms with Gasteiger partial charge in [0.15, 0.2) is 5.96 Å². The van der Waals surface area contributed by atoms with Crippen LogP contribution < -0.4 is 10.0 Å². The van der Waals surface area contributed by atoms with Gasteiger partial charge in [-0.1, -0.05) is 26.0 Å². The minimum atomic E-state index is -3.53. The Kier molecular flexibility index (Phi) is 10.7. The van der Waals surface area contributed by atoms with Gasteiger partial charge in [-0.05, 0) is 36.0 Å². The number of benzene rings is 1. The molecule has 7 nitrogen and oxygen atoms in total. The maximum atomic E-state index is 12.4. The Morgan fingerprint density at radius 1 is 1.29 bits per heavy atom. The molecule has 2 rings (SSSR count). The predicted octanol–water partition coefficient (Wildman–Crippen LogP) is 2.28. The molecule has 1 fully saturated rings. The third-order valence-corrected chi connectivity index (χ3v) is 6.10. The monoisotopic (exact) mass is 524 g/mol. The molecule has 1 aromatic rings. The van der Waals surface area contributed by atoms with E-state index >= 15 is 0 Å². The van der Waals surface area contributed by atoms with Gasteiger partial charge in [0, 0.05) is 40.3 Å². The highest BCUT2D eigenvalue weighted by Crippen LogP contribution is 2.21. The second-order valence-electron chi connectivity index (χ2n) is 7.29. The highest BCUT2D eigenvalue weighted by Gasteiger charge is 2.24. The standard InChI is InChI=1S/C19H32N4O3S.HI/c1-15-10-16(2)14-23(13-15)19(20-3)21-12-17-6-5-7-18(11-17)27(24,25)22-8-9-26-4;/h5-7,11,15-16,22H,8-10,12-14H2,1-4H3,(H,20,21);1H. The summed E-state index contributed by atoms with van der Waals surface area (Å²) < 4.78 is 32.1. The van der Waals surface area contributed by atoms with E-state index < -0.39 is 10.0 Å². The molecule has 9 heteroatoms. The first kappa shape index (κ1) is 25.1. The highest BCUT2D eigenvalue weighted by molar-refractivity contribution is 14.0. The van der Waals surface area contributed by atoms with Gasteiger partial charge in [-0.3, -0.25) is 4.99 Å². The third-order valence-electron chi connectivity index (χ3n) is 4.64. The third kappa shape index (κ3) is 7.49. The van der Waals surface area contributed by atoms with Gasteiger partial charge in [-0.15, -0.1) is 24.0 Å². The van der Waals surface area contributed by atoms with Crippen LogP contribution >= 0.6 is 24.0 Å². The zero-order chi connectivity index (χ0) is 19.9. The summed E-state index contributed by atoms with van der Waals surface area (Å²) in [5.41, 5.74) is 0.892. The Balaban J connectivity index is 0.00000392. The first-order chi connectivity index (χ1) is 12.9. The SMILES string of the molecule is CN=C(NCc1cccc(S(=O)(=O)NCCOC)c1)N1CC(C)CC(C)C1.I. The number of hydrogen-bond donors (Lipinski definition) is 2. The van der Waals surface area contributed by atoms with Crippen LogP contribution in [0.25, 0.3) is 0 Å². The Labute approximate surface area is 186 Å². The molecule has 0 aliphatic carbocycles. The quantitative estimate of drug-likeness (QED) is 0.248. The van der Waals surface area contributed by atoms with Gasteiger partial charge < -0.3 is 15.0 Å². The molecule has 1 aromatic carbocycles. The highest BCUT2D eigenvalue weighted by atomic mass is 127. The Bertz CT molecular complexity index is 732. The molecule has 160 valence electrons. The molecule has 1 aliphatic rings. The fraction of sp³-hybridized carbons (Fsp3) is 0.632. The van der Waals surface area contributed by atoms with Crippen molar-refractivity contribution in [2.75, 3.05) is 40.4 Å². The lowest BCUT2D eigenvalue weighted by Crippen LogP contribution is -2.48. The average Bonchev–Trinajstić information content (AvgIpc) is 2.62. The topological polar surface area (TPSA) is 83.0 Å². The summed E-state index contributed by atoms with van der Waals surface area (Å²) in [6.07, 6.45) is 1.24. The van der Waals surface area contributed by atoms with E-state index in [1.54, 1.807) is 25.2 Å². The smallest absolute Gasteiger partial charge is 0.240 e. The normalized spacial score (nSPS) is 20.6. The van der Waals surface area contributed by atoms with Gasteiger partial charge in [0.05, 0.1) is 11.5 Å². The number of hydrogen-bond acceptors (Lipinski definition) is 4. The fourth-order valence-corrected chi connectivity index (χ4v) is 4.62. The molecule has 0 saturated carbocycles. The first-order valence-electron chi connectivity index (χ1n) is 9.39. The largest absolute Gasteiger partial charge is 0.383 e. The number of rotatable bonds is 7. The summed E-state index contributed by atoms with van der Waals surface area (Å²) >= 11 is 0. The molecule has 1 heterocycles. The molecule has 2 N–H and O–H groups in total. The van der Waals surface area contributed by atoms with Crippen LogP contribution in [0.1, 0.15) is 25.8 Å². The van der Waals surface area contributed by atoms with Gasteiger partial charge in [0.1, 0.15) is 0 Å².